The third-order valence-corrected chi connectivity index (χ3v) is 3.63. The fourth-order valence-corrected chi connectivity index (χ4v) is 2.63. The Morgan fingerprint density at radius 2 is 2.11 bits per heavy atom. The molecule has 1 heterocycles. The van der Waals surface area contributed by atoms with Gasteiger partial charge in [0.2, 0.25) is 5.92 Å². The first-order valence-corrected chi connectivity index (χ1v) is 6.50. The first-order chi connectivity index (χ1) is 8.55. The van der Waals surface area contributed by atoms with Crippen molar-refractivity contribution in [2.45, 2.75) is 50.6 Å². The number of aliphatic hydroxyl groups excluding tert-OH is 1. The van der Waals surface area contributed by atoms with E-state index < -0.39 is 12.0 Å². The maximum Gasteiger partial charge on any atom is 0.248 e. The second-order valence-electron chi connectivity index (χ2n) is 5.25. The van der Waals surface area contributed by atoms with E-state index in [0.717, 1.165) is 12.0 Å². The number of aryl methyl sites for hydroxylation is 1. The summed E-state index contributed by atoms with van der Waals surface area (Å²) in [5, 5.41) is 9.88. The number of nitrogens with zero attached hydrogens (tertiary/aromatic N) is 1. The van der Waals surface area contributed by atoms with Crippen molar-refractivity contribution in [3.8, 4) is 0 Å². The van der Waals surface area contributed by atoms with Crippen LogP contribution in [0.2, 0.25) is 0 Å². The molecule has 2 unspecified atom stereocenters. The van der Waals surface area contributed by atoms with Crippen molar-refractivity contribution < 1.29 is 13.9 Å². The highest BCUT2D eigenvalue weighted by molar-refractivity contribution is 5.09. The summed E-state index contributed by atoms with van der Waals surface area (Å²) < 4.78 is 26.0. The average Bonchev–Trinajstić information content (AvgIpc) is 2.67. The van der Waals surface area contributed by atoms with Crippen LogP contribution in [0.3, 0.4) is 0 Å². The summed E-state index contributed by atoms with van der Waals surface area (Å²) in [6.07, 6.45) is 5.34. The Balaban J connectivity index is 1.71. The lowest BCUT2D eigenvalue weighted by Crippen LogP contribution is -2.15. The Labute approximate surface area is 106 Å². The van der Waals surface area contributed by atoms with Crippen molar-refractivity contribution in [3.63, 3.8) is 0 Å². The van der Waals surface area contributed by atoms with Gasteiger partial charge in [0, 0.05) is 25.2 Å². The van der Waals surface area contributed by atoms with E-state index in [-0.39, 0.29) is 18.8 Å². The van der Waals surface area contributed by atoms with Gasteiger partial charge in [-0.15, -0.1) is 0 Å². The summed E-state index contributed by atoms with van der Waals surface area (Å²) in [5.41, 5.74) is 1.13. The van der Waals surface area contributed by atoms with Crippen LogP contribution >= 0.6 is 0 Å². The summed E-state index contributed by atoms with van der Waals surface area (Å²) in [5.74, 6) is -2.53. The number of hydrogen-bond donors (Lipinski definition) is 1. The predicted octanol–water partition coefficient (Wildman–Crippen LogP) is 3.20. The Bertz CT molecular complexity index is 369. The molecule has 100 valence electrons. The molecule has 2 rings (SSSR count). The zero-order valence-corrected chi connectivity index (χ0v) is 10.4. The molecular weight excluding hydrogens is 236 g/mol. The fraction of sp³-hybridized carbons (Fsp3) is 0.643. The number of rotatable bonds is 5. The van der Waals surface area contributed by atoms with Crippen molar-refractivity contribution in [2.75, 3.05) is 0 Å². The Kier molecular flexibility index (Phi) is 4.27. The van der Waals surface area contributed by atoms with Crippen molar-refractivity contribution in [2.24, 2.45) is 5.92 Å². The van der Waals surface area contributed by atoms with E-state index >= 15 is 0 Å². The largest absolute Gasteiger partial charge is 0.393 e. The van der Waals surface area contributed by atoms with Gasteiger partial charge in [0.05, 0.1) is 6.10 Å². The number of alkyl halides is 2. The first-order valence-electron chi connectivity index (χ1n) is 6.50. The molecule has 1 aliphatic carbocycles. The van der Waals surface area contributed by atoms with Crippen molar-refractivity contribution in [1.82, 2.24) is 4.98 Å². The molecular formula is C14H19F2NO. The van der Waals surface area contributed by atoms with Gasteiger partial charge < -0.3 is 5.11 Å². The molecule has 2 atom stereocenters. The molecule has 1 fully saturated rings. The second kappa shape index (κ2) is 5.74. The van der Waals surface area contributed by atoms with Crippen LogP contribution in [0.4, 0.5) is 8.78 Å². The SMILES string of the molecule is OC(CCc1ccncc1)CC1CCC(F)(F)C1. The van der Waals surface area contributed by atoms with Gasteiger partial charge >= 0.3 is 0 Å². The molecule has 1 N–H and O–H groups in total. The van der Waals surface area contributed by atoms with Gasteiger partial charge in [0.15, 0.2) is 0 Å². The molecule has 4 heteroatoms. The van der Waals surface area contributed by atoms with E-state index in [9.17, 15) is 13.9 Å². The molecule has 0 aliphatic heterocycles. The molecule has 2 nitrogen and oxygen atoms in total. The van der Waals surface area contributed by atoms with Crippen LogP contribution in [0.1, 0.15) is 37.7 Å². The van der Waals surface area contributed by atoms with E-state index in [4.69, 9.17) is 0 Å². The highest BCUT2D eigenvalue weighted by Gasteiger charge is 2.39. The first kappa shape index (κ1) is 13.4. The average molecular weight is 255 g/mol. The standard InChI is InChI=1S/C14H19F2NO/c15-14(16)6-3-12(10-14)9-13(18)2-1-11-4-7-17-8-5-11/h4-5,7-8,12-13,18H,1-3,6,9-10H2. The maximum absolute atomic E-state index is 13.0. The van der Waals surface area contributed by atoms with Gasteiger partial charge in [-0.25, -0.2) is 8.78 Å². The zero-order chi connectivity index (χ0) is 13.0. The molecule has 1 saturated carbocycles. The van der Waals surface area contributed by atoms with Gasteiger partial charge in [-0.2, -0.15) is 0 Å². The van der Waals surface area contributed by atoms with Gasteiger partial charge in [0.1, 0.15) is 0 Å². The molecule has 0 aromatic carbocycles. The van der Waals surface area contributed by atoms with Gasteiger partial charge in [-0.05, 0) is 49.3 Å². The molecule has 0 bridgehead atoms. The van der Waals surface area contributed by atoms with Crippen molar-refractivity contribution in [1.29, 1.82) is 0 Å². The lowest BCUT2D eigenvalue weighted by atomic mass is 9.96. The minimum absolute atomic E-state index is 0.0191. The smallest absolute Gasteiger partial charge is 0.248 e. The van der Waals surface area contributed by atoms with Gasteiger partial charge in [-0.3, -0.25) is 4.98 Å². The molecule has 1 aliphatic rings. The number of hydrogen-bond acceptors (Lipinski definition) is 2. The van der Waals surface area contributed by atoms with Gasteiger partial charge in [-0.1, -0.05) is 0 Å². The Morgan fingerprint density at radius 3 is 2.72 bits per heavy atom. The van der Waals surface area contributed by atoms with Crippen LogP contribution in [0.25, 0.3) is 0 Å². The molecule has 1 aromatic heterocycles. The summed E-state index contributed by atoms with van der Waals surface area (Å²) >= 11 is 0. The van der Waals surface area contributed by atoms with Crippen LogP contribution in [0.15, 0.2) is 24.5 Å². The molecule has 0 saturated heterocycles. The third kappa shape index (κ3) is 4.02. The lowest BCUT2D eigenvalue weighted by Gasteiger charge is -2.15. The zero-order valence-electron chi connectivity index (χ0n) is 10.4. The topological polar surface area (TPSA) is 33.1 Å². The van der Waals surface area contributed by atoms with Crippen molar-refractivity contribution >= 4 is 0 Å². The lowest BCUT2D eigenvalue weighted by molar-refractivity contribution is 0.00245. The summed E-state index contributed by atoms with van der Waals surface area (Å²) in [6.45, 7) is 0. The molecule has 0 radical (unpaired) electrons. The maximum atomic E-state index is 13.0. The molecule has 0 amide bonds. The number of aliphatic hydroxyl groups is 1. The summed E-state index contributed by atoms with van der Waals surface area (Å²) in [4.78, 5) is 3.93. The van der Waals surface area contributed by atoms with Gasteiger partial charge in [0.25, 0.3) is 0 Å². The highest BCUT2D eigenvalue weighted by atomic mass is 19.3. The number of pyridine rings is 1. The molecule has 1 aromatic rings. The monoisotopic (exact) mass is 255 g/mol. The van der Waals surface area contributed by atoms with E-state index in [2.05, 4.69) is 4.98 Å². The molecule has 0 spiro atoms. The van der Waals surface area contributed by atoms with Crippen LogP contribution < -0.4 is 0 Å². The second-order valence-corrected chi connectivity index (χ2v) is 5.25. The van der Waals surface area contributed by atoms with E-state index in [1.165, 1.54) is 0 Å². The summed E-state index contributed by atoms with van der Waals surface area (Å²) in [6, 6.07) is 3.83. The fourth-order valence-electron chi connectivity index (χ4n) is 2.63. The number of halogens is 2. The minimum atomic E-state index is -2.50. The Hall–Kier alpha value is -1.03. The van der Waals surface area contributed by atoms with Crippen LogP contribution in [-0.2, 0) is 6.42 Å². The predicted molar refractivity (Wildman–Crippen MR) is 65.5 cm³/mol. The number of aromatic nitrogens is 1. The highest BCUT2D eigenvalue weighted by Crippen LogP contribution is 2.40. The Morgan fingerprint density at radius 1 is 1.39 bits per heavy atom. The summed E-state index contributed by atoms with van der Waals surface area (Å²) in [7, 11) is 0. The minimum Gasteiger partial charge on any atom is -0.393 e. The molecule has 18 heavy (non-hydrogen) atoms. The quantitative estimate of drug-likeness (QED) is 0.876. The van der Waals surface area contributed by atoms with Crippen LogP contribution in [-0.4, -0.2) is 22.1 Å². The van der Waals surface area contributed by atoms with E-state index in [0.29, 0.717) is 19.3 Å². The van der Waals surface area contributed by atoms with Crippen LogP contribution in [0.5, 0.6) is 0 Å². The third-order valence-electron chi connectivity index (χ3n) is 3.63. The van der Waals surface area contributed by atoms with E-state index in [1.54, 1.807) is 12.4 Å². The van der Waals surface area contributed by atoms with E-state index in [1.807, 2.05) is 12.1 Å². The normalized spacial score (nSPS) is 24.1. The van der Waals surface area contributed by atoms with Crippen molar-refractivity contribution in [3.05, 3.63) is 30.1 Å². The van der Waals surface area contributed by atoms with Crippen LogP contribution in [0, 0.1) is 5.92 Å².